The number of nitrogens with zero attached hydrogens (tertiary/aromatic N) is 2. The molecule has 0 amide bonds. The largest absolute Gasteiger partial charge is 0.320 e. The van der Waals surface area contributed by atoms with Crippen molar-refractivity contribution in [1.82, 2.24) is 13.9 Å². The minimum Gasteiger partial charge on any atom is -0.320 e. The van der Waals surface area contributed by atoms with Crippen LogP contribution in [-0.2, 0) is 10.2 Å². The van der Waals surface area contributed by atoms with Crippen molar-refractivity contribution in [3.63, 3.8) is 0 Å². The Hall–Kier alpha value is -0.170. The Balaban J connectivity index is 2.40. The second kappa shape index (κ2) is 5.95. The molecule has 0 radical (unpaired) electrons. The molecule has 1 saturated carbocycles. The first kappa shape index (κ1) is 13.9. The van der Waals surface area contributed by atoms with E-state index in [0.717, 1.165) is 13.0 Å². The van der Waals surface area contributed by atoms with Crippen molar-refractivity contribution in [3.8, 4) is 0 Å². The Morgan fingerprint density at radius 3 is 2.38 bits per heavy atom. The third kappa shape index (κ3) is 4.01. The van der Waals surface area contributed by atoms with Gasteiger partial charge in [-0.3, -0.25) is 0 Å². The van der Waals surface area contributed by atoms with Crippen molar-refractivity contribution >= 4 is 10.2 Å². The fourth-order valence-electron chi connectivity index (χ4n) is 1.59. The highest BCUT2D eigenvalue weighted by Gasteiger charge is 2.30. The number of hydrogen-bond acceptors (Lipinski definition) is 3. The van der Waals surface area contributed by atoms with Crippen LogP contribution in [0.4, 0.5) is 0 Å². The molecule has 5 nitrogen and oxygen atoms in total. The van der Waals surface area contributed by atoms with Gasteiger partial charge in [0.1, 0.15) is 0 Å². The first-order valence-electron chi connectivity index (χ1n) is 5.80. The van der Waals surface area contributed by atoms with Gasteiger partial charge >= 0.3 is 0 Å². The van der Waals surface area contributed by atoms with Gasteiger partial charge in [-0.05, 0) is 38.8 Å². The van der Waals surface area contributed by atoms with E-state index in [1.807, 2.05) is 7.05 Å². The van der Waals surface area contributed by atoms with Crippen LogP contribution >= 0.6 is 0 Å². The molecule has 0 saturated heterocycles. The maximum absolute atomic E-state index is 12.0. The predicted molar refractivity (Wildman–Crippen MR) is 65.4 cm³/mol. The monoisotopic (exact) mass is 249 g/mol. The van der Waals surface area contributed by atoms with Crippen LogP contribution in [0, 0.1) is 5.92 Å². The van der Waals surface area contributed by atoms with E-state index in [0.29, 0.717) is 19.0 Å². The van der Waals surface area contributed by atoms with Crippen LogP contribution in [0.2, 0.25) is 0 Å². The van der Waals surface area contributed by atoms with Crippen molar-refractivity contribution in [3.05, 3.63) is 0 Å². The molecule has 96 valence electrons. The van der Waals surface area contributed by atoms with E-state index in [2.05, 4.69) is 5.32 Å². The van der Waals surface area contributed by atoms with Gasteiger partial charge in [-0.2, -0.15) is 17.0 Å². The summed E-state index contributed by atoms with van der Waals surface area (Å²) >= 11 is 0. The molecular formula is C10H23N3O2S. The summed E-state index contributed by atoms with van der Waals surface area (Å²) in [6.45, 7) is 2.07. The van der Waals surface area contributed by atoms with E-state index >= 15 is 0 Å². The smallest absolute Gasteiger partial charge is 0.281 e. The molecule has 0 heterocycles. The molecule has 0 aliphatic heterocycles. The minimum atomic E-state index is -3.24. The van der Waals surface area contributed by atoms with Crippen molar-refractivity contribution in [2.75, 3.05) is 40.8 Å². The van der Waals surface area contributed by atoms with Crippen LogP contribution in [0.25, 0.3) is 0 Å². The molecule has 1 aliphatic carbocycles. The Labute approximate surface area is 99.0 Å². The summed E-state index contributed by atoms with van der Waals surface area (Å²) in [5, 5.41) is 3.01. The van der Waals surface area contributed by atoms with Gasteiger partial charge < -0.3 is 5.32 Å². The summed E-state index contributed by atoms with van der Waals surface area (Å²) in [6, 6.07) is 0. The lowest BCUT2D eigenvalue weighted by Gasteiger charge is -2.24. The third-order valence-corrected chi connectivity index (χ3v) is 4.81. The second-order valence-corrected chi connectivity index (χ2v) is 6.65. The zero-order chi connectivity index (χ0) is 12.2. The van der Waals surface area contributed by atoms with Gasteiger partial charge in [-0.1, -0.05) is 0 Å². The summed E-state index contributed by atoms with van der Waals surface area (Å²) in [6.07, 6.45) is 3.18. The van der Waals surface area contributed by atoms with Crippen LogP contribution in [0.1, 0.15) is 19.3 Å². The van der Waals surface area contributed by atoms with Gasteiger partial charge in [0.25, 0.3) is 10.2 Å². The zero-order valence-corrected chi connectivity index (χ0v) is 11.3. The molecule has 0 unspecified atom stereocenters. The first-order valence-corrected chi connectivity index (χ1v) is 7.20. The molecule has 0 spiro atoms. The summed E-state index contributed by atoms with van der Waals surface area (Å²) < 4.78 is 27.0. The van der Waals surface area contributed by atoms with Crippen molar-refractivity contribution in [2.24, 2.45) is 5.92 Å². The highest BCUT2D eigenvalue weighted by Crippen LogP contribution is 2.30. The molecule has 0 aromatic heterocycles. The number of hydrogen-bond donors (Lipinski definition) is 1. The maximum atomic E-state index is 12.0. The van der Waals surface area contributed by atoms with Gasteiger partial charge in [-0.15, -0.1) is 0 Å². The van der Waals surface area contributed by atoms with E-state index in [1.54, 1.807) is 14.1 Å². The molecule has 1 fully saturated rings. The van der Waals surface area contributed by atoms with E-state index in [1.165, 1.54) is 21.5 Å². The Morgan fingerprint density at radius 2 is 1.88 bits per heavy atom. The first-order chi connectivity index (χ1) is 7.48. The third-order valence-electron chi connectivity index (χ3n) is 2.90. The van der Waals surface area contributed by atoms with Gasteiger partial charge in [0, 0.05) is 27.2 Å². The molecule has 1 aliphatic rings. The predicted octanol–water partition coefficient (Wildman–Crippen LogP) is 0.114. The number of rotatable bonds is 8. The van der Waals surface area contributed by atoms with E-state index in [4.69, 9.17) is 0 Å². The molecule has 0 atom stereocenters. The molecular weight excluding hydrogens is 226 g/mol. The van der Waals surface area contributed by atoms with Gasteiger partial charge in [-0.25, -0.2) is 0 Å². The highest BCUT2D eigenvalue weighted by molar-refractivity contribution is 7.86. The van der Waals surface area contributed by atoms with Gasteiger partial charge in [0.2, 0.25) is 0 Å². The average Bonchev–Trinajstić information content (AvgIpc) is 3.01. The van der Waals surface area contributed by atoms with E-state index in [9.17, 15) is 8.42 Å². The van der Waals surface area contributed by atoms with Gasteiger partial charge in [0.05, 0.1) is 0 Å². The Morgan fingerprint density at radius 1 is 1.25 bits per heavy atom. The lowest BCUT2D eigenvalue weighted by atomic mass is 10.4. The summed E-state index contributed by atoms with van der Waals surface area (Å²) in [5.41, 5.74) is 0. The SMILES string of the molecule is CNCCCN(C)S(=O)(=O)N(C)CC1CC1. The van der Waals surface area contributed by atoms with Crippen LogP contribution < -0.4 is 5.32 Å². The molecule has 16 heavy (non-hydrogen) atoms. The van der Waals surface area contributed by atoms with Crippen LogP contribution in [0.5, 0.6) is 0 Å². The minimum absolute atomic E-state index is 0.568. The molecule has 1 N–H and O–H groups in total. The van der Waals surface area contributed by atoms with Gasteiger partial charge in [0.15, 0.2) is 0 Å². The van der Waals surface area contributed by atoms with Crippen LogP contribution in [0.15, 0.2) is 0 Å². The topological polar surface area (TPSA) is 52.7 Å². The van der Waals surface area contributed by atoms with E-state index < -0.39 is 10.2 Å². The standard InChI is InChI=1S/C10H23N3O2S/c1-11-7-4-8-12(2)16(14,15)13(3)9-10-5-6-10/h10-11H,4-9H2,1-3H3. The molecule has 0 aromatic carbocycles. The summed E-state index contributed by atoms with van der Waals surface area (Å²) in [5.74, 6) is 0.588. The quantitative estimate of drug-likeness (QED) is 0.621. The zero-order valence-electron chi connectivity index (χ0n) is 10.4. The highest BCUT2D eigenvalue weighted by atomic mass is 32.2. The normalized spacial score (nSPS) is 17.3. The summed E-state index contributed by atoms with van der Waals surface area (Å²) in [4.78, 5) is 0. The van der Waals surface area contributed by atoms with E-state index in [-0.39, 0.29) is 0 Å². The molecule has 0 bridgehead atoms. The average molecular weight is 249 g/mol. The van der Waals surface area contributed by atoms with Crippen LogP contribution in [-0.4, -0.2) is 57.8 Å². The van der Waals surface area contributed by atoms with Crippen molar-refractivity contribution in [1.29, 1.82) is 0 Å². The Kier molecular flexibility index (Phi) is 5.17. The Bertz CT molecular complexity index is 301. The van der Waals surface area contributed by atoms with Crippen LogP contribution in [0.3, 0.4) is 0 Å². The fraction of sp³-hybridized carbons (Fsp3) is 1.00. The van der Waals surface area contributed by atoms with Crippen molar-refractivity contribution in [2.45, 2.75) is 19.3 Å². The van der Waals surface area contributed by atoms with Crippen molar-refractivity contribution < 1.29 is 8.42 Å². The molecule has 1 rings (SSSR count). The second-order valence-electron chi connectivity index (χ2n) is 4.51. The fourth-order valence-corrected chi connectivity index (χ4v) is 2.82. The summed E-state index contributed by atoms with van der Waals surface area (Å²) in [7, 11) is 1.95. The lowest BCUT2D eigenvalue weighted by Crippen LogP contribution is -2.41. The lowest BCUT2D eigenvalue weighted by molar-refractivity contribution is 0.380. The molecule has 0 aromatic rings. The number of nitrogens with one attached hydrogen (secondary N) is 1. The maximum Gasteiger partial charge on any atom is 0.281 e. The molecule has 6 heteroatoms.